The summed E-state index contributed by atoms with van der Waals surface area (Å²) in [4.78, 5) is 35.7. The van der Waals surface area contributed by atoms with Gasteiger partial charge in [-0.1, -0.05) is 0 Å². The fourth-order valence-electron chi connectivity index (χ4n) is 3.55. The molecular weight excluding hydrogens is 497 g/mol. The standard InChI is InChI=1S/C24H22FN9O4/c1-12(27)23(36)38-11-33-22(35)18(31-24(33)37)7-14-10-28-34-20(29-15-3-4-15)8-19(32-21(14)34)30-17-5-2-13(9-26)6-16(17)25/h2,5-8,10,12,15,30,35H,3-4,11,27H2,1H3,(H,31,37)/b14-7-,29-20?/t12-/m0/s1. The van der Waals surface area contributed by atoms with E-state index in [1.54, 1.807) is 6.07 Å². The number of fused-ring (bicyclic) bond motifs is 1. The molecule has 5 rings (SSSR count). The van der Waals surface area contributed by atoms with Crippen LogP contribution in [0.1, 0.15) is 31.0 Å². The van der Waals surface area contributed by atoms with Crippen LogP contribution in [0.25, 0.3) is 11.7 Å². The lowest BCUT2D eigenvalue weighted by Crippen LogP contribution is -2.30. The van der Waals surface area contributed by atoms with Crippen molar-refractivity contribution >= 4 is 29.2 Å². The van der Waals surface area contributed by atoms with Crippen molar-refractivity contribution in [2.24, 2.45) is 10.7 Å². The molecule has 0 unspecified atom stereocenters. The van der Waals surface area contributed by atoms with Gasteiger partial charge >= 0.3 is 11.7 Å². The number of H-pyrrole nitrogens is 1. The van der Waals surface area contributed by atoms with Gasteiger partial charge in [0.1, 0.15) is 23.4 Å². The van der Waals surface area contributed by atoms with Crippen LogP contribution < -0.4 is 27.4 Å². The molecule has 0 saturated heterocycles. The maximum absolute atomic E-state index is 14.5. The molecule has 4 aromatic rings. The number of ether oxygens (including phenoxy) is 1. The van der Waals surface area contributed by atoms with Crippen molar-refractivity contribution in [2.45, 2.75) is 38.6 Å². The van der Waals surface area contributed by atoms with Gasteiger partial charge in [-0.3, -0.25) is 9.79 Å². The summed E-state index contributed by atoms with van der Waals surface area (Å²) in [6, 6.07) is 6.79. The highest BCUT2D eigenvalue weighted by Crippen LogP contribution is 2.23. The van der Waals surface area contributed by atoms with Gasteiger partial charge in [-0.25, -0.2) is 18.7 Å². The molecule has 14 heteroatoms. The van der Waals surface area contributed by atoms with E-state index in [1.165, 1.54) is 35.8 Å². The van der Waals surface area contributed by atoms with Gasteiger partial charge in [0.05, 0.1) is 29.6 Å². The van der Waals surface area contributed by atoms with Gasteiger partial charge in [0.25, 0.3) is 0 Å². The van der Waals surface area contributed by atoms with Crippen LogP contribution in [0.3, 0.4) is 0 Å². The number of aromatic amines is 1. The summed E-state index contributed by atoms with van der Waals surface area (Å²) >= 11 is 0. The minimum absolute atomic E-state index is 0.0285. The minimum atomic E-state index is -0.890. The average molecular weight is 519 g/mol. The average Bonchev–Trinajstić information content (AvgIpc) is 3.55. The molecule has 0 radical (unpaired) electrons. The monoisotopic (exact) mass is 519 g/mol. The van der Waals surface area contributed by atoms with Crippen LogP contribution in [0.4, 0.5) is 15.9 Å². The van der Waals surface area contributed by atoms with Crippen molar-refractivity contribution < 1.29 is 19.0 Å². The van der Waals surface area contributed by atoms with Crippen molar-refractivity contribution in [1.29, 1.82) is 5.26 Å². The molecule has 3 heterocycles. The van der Waals surface area contributed by atoms with E-state index < -0.39 is 36.1 Å². The number of hydrogen-bond donors (Lipinski definition) is 4. The quantitative estimate of drug-likeness (QED) is 0.246. The summed E-state index contributed by atoms with van der Waals surface area (Å²) < 4.78 is 21.8. The van der Waals surface area contributed by atoms with E-state index in [-0.39, 0.29) is 28.8 Å². The molecule has 38 heavy (non-hydrogen) atoms. The first-order chi connectivity index (χ1) is 18.2. The Kier molecular flexibility index (Phi) is 6.35. The molecule has 194 valence electrons. The number of benzene rings is 1. The fraction of sp³-hybridized carbons (Fsp3) is 0.250. The number of esters is 1. The van der Waals surface area contributed by atoms with E-state index in [2.05, 4.69) is 25.4 Å². The molecule has 0 spiro atoms. The molecule has 3 aromatic heterocycles. The van der Waals surface area contributed by atoms with Crippen molar-refractivity contribution in [3.63, 3.8) is 0 Å². The van der Waals surface area contributed by atoms with Crippen molar-refractivity contribution in [3.8, 4) is 11.9 Å². The molecule has 1 aliphatic rings. The molecule has 0 aliphatic heterocycles. The maximum atomic E-state index is 14.5. The maximum Gasteiger partial charge on any atom is 0.331 e. The first-order valence-electron chi connectivity index (χ1n) is 11.6. The van der Waals surface area contributed by atoms with Crippen LogP contribution in [0.2, 0.25) is 0 Å². The lowest BCUT2D eigenvalue weighted by Gasteiger charge is -2.08. The SMILES string of the molecule is C[C@H](N)C(=O)OCn1c(O)c(/C=c2/cnn3c(=NC4CC4)cc(Nc4ccc(C#N)cc4F)nc23)[nH]c1=O. The highest BCUT2D eigenvalue weighted by atomic mass is 19.1. The van der Waals surface area contributed by atoms with Crippen LogP contribution in [-0.4, -0.2) is 47.3 Å². The van der Waals surface area contributed by atoms with E-state index >= 15 is 0 Å². The summed E-state index contributed by atoms with van der Waals surface area (Å²) in [6.07, 6.45) is 4.80. The number of aromatic hydroxyl groups is 1. The van der Waals surface area contributed by atoms with Crippen molar-refractivity contribution in [1.82, 2.24) is 24.1 Å². The zero-order valence-electron chi connectivity index (χ0n) is 20.1. The third kappa shape index (κ3) is 4.95. The van der Waals surface area contributed by atoms with Gasteiger partial charge in [0, 0.05) is 11.3 Å². The number of carbonyl (C=O) groups excluding carboxylic acids is 1. The molecule has 1 saturated carbocycles. The van der Waals surface area contributed by atoms with Crippen LogP contribution >= 0.6 is 0 Å². The molecule has 0 amide bonds. The minimum Gasteiger partial charge on any atom is -0.493 e. The number of nitriles is 1. The third-order valence-corrected chi connectivity index (χ3v) is 5.69. The van der Waals surface area contributed by atoms with E-state index in [4.69, 9.17) is 15.7 Å². The number of rotatable bonds is 7. The number of halogens is 1. The van der Waals surface area contributed by atoms with E-state index in [9.17, 15) is 19.1 Å². The van der Waals surface area contributed by atoms with Crippen LogP contribution in [0.5, 0.6) is 5.88 Å². The van der Waals surface area contributed by atoms with Gasteiger partial charge < -0.3 is 25.9 Å². The predicted molar refractivity (Wildman–Crippen MR) is 131 cm³/mol. The lowest BCUT2D eigenvalue weighted by atomic mass is 10.2. The van der Waals surface area contributed by atoms with Gasteiger partial charge in [-0.2, -0.15) is 14.9 Å². The molecule has 1 aliphatic carbocycles. The Hall–Kier alpha value is -5.03. The van der Waals surface area contributed by atoms with Crippen LogP contribution in [0, 0.1) is 17.1 Å². The highest BCUT2D eigenvalue weighted by Gasteiger charge is 2.21. The van der Waals surface area contributed by atoms with Gasteiger partial charge in [0.15, 0.2) is 17.9 Å². The number of carbonyl (C=O) groups is 1. The molecular formula is C24H22FN9O4. The molecule has 5 N–H and O–H groups in total. The van der Waals surface area contributed by atoms with Gasteiger partial charge in [-0.05, 0) is 44.0 Å². The second-order valence-electron chi connectivity index (χ2n) is 8.75. The summed E-state index contributed by atoms with van der Waals surface area (Å²) in [7, 11) is 0. The number of anilines is 2. The molecule has 13 nitrogen and oxygen atoms in total. The van der Waals surface area contributed by atoms with Gasteiger partial charge in [0.2, 0.25) is 5.88 Å². The summed E-state index contributed by atoms with van der Waals surface area (Å²) in [5.74, 6) is -1.56. The number of nitrogens with two attached hydrogens (primary N) is 1. The second-order valence-corrected chi connectivity index (χ2v) is 8.75. The van der Waals surface area contributed by atoms with Crippen LogP contribution in [-0.2, 0) is 16.3 Å². The largest absolute Gasteiger partial charge is 0.493 e. The van der Waals surface area contributed by atoms with E-state index in [0.29, 0.717) is 16.4 Å². The number of nitrogens with one attached hydrogen (secondary N) is 2. The molecule has 1 atom stereocenters. The van der Waals surface area contributed by atoms with E-state index in [0.717, 1.165) is 23.5 Å². The van der Waals surface area contributed by atoms with E-state index in [1.807, 2.05) is 6.07 Å². The fourth-order valence-corrected chi connectivity index (χ4v) is 3.55. The topological polar surface area (TPSA) is 189 Å². The Balaban J connectivity index is 1.57. The highest BCUT2D eigenvalue weighted by molar-refractivity contribution is 5.74. The Bertz CT molecular complexity index is 1780. The molecule has 1 aromatic carbocycles. The number of aromatic nitrogens is 5. The molecule has 0 bridgehead atoms. The first kappa shape index (κ1) is 24.7. The summed E-state index contributed by atoms with van der Waals surface area (Å²) in [6.45, 7) is 0.902. The second kappa shape index (κ2) is 9.79. The Morgan fingerprint density at radius 1 is 1.47 bits per heavy atom. The Morgan fingerprint density at radius 3 is 2.95 bits per heavy atom. The van der Waals surface area contributed by atoms with Gasteiger partial charge in [-0.15, -0.1) is 0 Å². The van der Waals surface area contributed by atoms with Crippen LogP contribution in [0.15, 0.2) is 40.2 Å². The molecule has 1 fully saturated rings. The Labute approximate surface area is 213 Å². The lowest BCUT2D eigenvalue weighted by molar-refractivity contribution is -0.148. The smallest absolute Gasteiger partial charge is 0.331 e. The third-order valence-electron chi connectivity index (χ3n) is 5.69. The van der Waals surface area contributed by atoms with Crippen molar-refractivity contribution in [3.05, 3.63) is 68.7 Å². The number of imidazole rings is 1. The Morgan fingerprint density at radius 2 is 2.26 bits per heavy atom. The summed E-state index contributed by atoms with van der Waals surface area (Å²) in [5, 5.41) is 27.2. The zero-order chi connectivity index (χ0) is 27.0. The number of nitrogens with zero attached hydrogens (tertiary/aromatic N) is 6. The summed E-state index contributed by atoms with van der Waals surface area (Å²) in [5.41, 5.74) is 5.86. The normalized spacial score (nSPS) is 15.0. The van der Waals surface area contributed by atoms with Crippen molar-refractivity contribution in [2.75, 3.05) is 5.32 Å². The zero-order valence-corrected chi connectivity index (χ0v) is 20.1. The predicted octanol–water partition coefficient (Wildman–Crippen LogP) is 0.138. The first-order valence-corrected chi connectivity index (χ1v) is 11.6. The number of hydrogen-bond acceptors (Lipinski definition) is 10.